The van der Waals surface area contributed by atoms with Gasteiger partial charge in [-0.2, -0.15) is 0 Å². The van der Waals surface area contributed by atoms with E-state index in [-0.39, 0.29) is 0 Å². The molecule has 0 bridgehead atoms. The molecule has 1 aromatic rings. The molecule has 0 N–H and O–H groups in total. The summed E-state index contributed by atoms with van der Waals surface area (Å²) in [5.41, 5.74) is 0. The van der Waals surface area contributed by atoms with Crippen LogP contribution >= 0.6 is 35.3 Å². The number of hydrogen-bond acceptors (Lipinski definition) is 4. The van der Waals surface area contributed by atoms with Gasteiger partial charge >= 0.3 is 0 Å². The maximum atomic E-state index is 4.55. The first-order valence-electron chi connectivity index (χ1n) is 7.27. The molecule has 0 spiro atoms. The third-order valence-electron chi connectivity index (χ3n) is 3.88. The molecule has 4 heteroatoms. The molecular formula is C15H21NS3. The Hall–Kier alpha value is 0.200. The largest absolute Gasteiger partial charge is 0.250 e. The maximum Gasteiger partial charge on any atom is 0.115 e. The zero-order valence-electron chi connectivity index (χ0n) is 11.2. The van der Waals surface area contributed by atoms with E-state index in [1.54, 1.807) is 0 Å². The van der Waals surface area contributed by atoms with Crippen LogP contribution in [-0.2, 0) is 0 Å². The van der Waals surface area contributed by atoms with Crippen LogP contribution in [0.4, 0.5) is 0 Å². The van der Waals surface area contributed by atoms with Crippen LogP contribution in [0, 0.1) is 5.92 Å². The van der Waals surface area contributed by atoms with Crippen LogP contribution in [0.2, 0.25) is 0 Å². The standard InChI is InChI=1S/C15H21NS3/c1-2-7-13(8-3-1)15(17-11-6-12-18-15)19-14-9-4-5-10-16-14/h4-5,9-10,13H,1-3,6-8,11-12H2. The van der Waals surface area contributed by atoms with E-state index in [9.17, 15) is 0 Å². The van der Waals surface area contributed by atoms with Crippen molar-refractivity contribution in [1.82, 2.24) is 4.98 Å². The molecule has 1 aromatic heterocycles. The van der Waals surface area contributed by atoms with Gasteiger partial charge in [-0.15, -0.1) is 23.5 Å². The number of hydrogen-bond donors (Lipinski definition) is 0. The van der Waals surface area contributed by atoms with Gasteiger partial charge in [-0.1, -0.05) is 37.1 Å². The second-order valence-corrected chi connectivity index (χ2v) is 9.98. The first kappa shape index (κ1) is 14.2. The minimum Gasteiger partial charge on any atom is -0.250 e. The summed E-state index contributed by atoms with van der Waals surface area (Å²) < 4.78 is 0.340. The van der Waals surface area contributed by atoms with Crippen LogP contribution in [0.15, 0.2) is 29.4 Å². The molecule has 0 amide bonds. The fourth-order valence-electron chi connectivity index (χ4n) is 2.92. The van der Waals surface area contributed by atoms with Gasteiger partial charge in [0.15, 0.2) is 0 Å². The predicted molar refractivity (Wildman–Crippen MR) is 88.9 cm³/mol. The lowest BCUT2D eigenvalue weighted by atomic mass is 9.90. The van der Waals surface area contributed by atoms with Gasteiger partial charge in [0.05, 0.1) is 5.03 Å². The highest BCUT2D eigenvalue weighted by molar-refractivity contribution is 8.34. The number of rotatable bonds is 3. The van der Waals surface area contributed by atoms with E-state index in [1.165, 1.54) is 55.1 Å². The molecule has 1 aliphatic heterocycles. The van der Waals surface area contributed by atoms with Crippen molar-refractivity contribution in [3.05, 3.63) is 24.4 Å². The summed E-state index contributed by atoms with van der Waals surface area (Å²) in [5.74, 6) is 3.51. The number of aromatic nitrogens is 1. The minimum atomic E-state index is 0.340. The summed E-state index contributed by atoms with van der Waals surface area (Å²) in [4.78, 5) is 4.55. The number of nitrogens with zero attached hydrogens (tertiary/aromatic N) is 1. The summed E-state index contributed by atoms with van der Waals surface area (Å²) in [6, 6.07) is 6.30. The van der Waals surface area contributed by atoms with Crippen molar-refractivity contribution in [3.63, 3.8) is 0 Å². The lowest BCUT2D eigenvalue weighted by Gasteiger charge is -2.43. The highest BCUT2D eigenvalue weighted by Crippen LogP contribution is 2.60. The van der Waals surface area contributed by atoms with Gasteiger partial charge in [-0.25, -0.2) is 4.98 Å². The number of pyridine rings is 1. The monoisotopic (exact) mass is 311 g/mol. The van der Waals surface area contributed by atoms with Crippen molar-refractivity contribution in [3.8, 4) is 0 Å². The van der Waals surface area contributed by atoms with E-state index in [0.717, 1.165) is 5.92 Å². The maximum absolute atomic E-state index is 4.55. The molecular weight excluding hydrogens is 290 g/mol. The first-order valence-corrected chi connectivity index (χ1v) is 10.1. The molecule has 1 nitrogen and oxygen atoms in total. The molecule has 0 radical (unpaired) electrons. The van der Waals surface area contributed by atoms with E-state index in [1.807, 2.05) is 24.0 Å². The molecule has 2 aliphatic rings. The van der Waals surface area contributed by atoms with Crippen molar-refractivity contribution in [1.29, 1.82) is 0 Å². The van der Waals surface area contributed by atoms with Crippen molar-refractivity contribution in [2.75, 3.05) is 11.5 Å². The fourth-order valence-corrected chi connectivity index (χ4v) is 8.46. The average molecular weight is 312 g/mol. The van der Waals surface area contributed by atoms with Crippen LogP contribution in [0.3, 0.4) is 0 Å². The second-order valence-electron chi connectivity index (χ2n) is 5.26. The quantitative estimate of drug-likeness (QED) is 0.753. The normalized spacial score (nSPS) is 24.2. The lowest BCUT2D eigenvalue weighted by molar-refractivity contribution is 0.370. The van der Waals surface area contributed by atoms with Crippen LogP contribution in [0.25, 0.3) is 0 Å². The molecule has 19 heavy (non-hydrogen) atoms. The zero-order chi connectivity index (χ0) is 13.0. The van der Waals surface area contributed by atoms with Gasteiger partial charge < -0.3 is 0 Å². The van der Waals surface area contributed by atoms with Crippen LogP contribution in [0.5, 0.6) is 0 Å². The second kappa shape index (κ2) is 6.77. The van der Waals surface area contributed by atoms with Crippen molar-refractivity contribution >= 4 is 35.3 Å². The number of thioether (sulfide) groups is 3. The van der Waals surface area contributed by atoms with Gasteiger partial charge in [0, 0.05) is 6.20 Å². The third kappa shape index (κ3) is 3.45. The molecule has 1 saturated heterocycles. The topological polar surface area (TPSA) is 12.9 Å². The summed E-state index contributed by atoms with van der Waals surface area (Å²) in [6.45, 7) is 0. The Bertz CT molecular complexity index is 384. The smallest absolute Gasteiger partial charge is 0.115 e. The molecule has 1 saturated carbocycles. The van der Waals surface area contributed by atoms with Gasteiger partial charge in [-0.3, -0.25) is 0 Å². The molecule has 2 heterocycles. The molecule has 1 aliphatic carbocycles. The Balaban J connectivity index is 1.79. The van der Waals surface area contributed by atoms with Crippen molar-refractivity contribution in [2.45, 2.75) is 47.0 Å². The van der Waals surface area contributed by atoms with Gasteiger partial charge in [0.2, 0.25) is 0 Å². The Morgan fingerprint density at radius 2 is 1.84 bits per heavy atom. The van der Waals surface area contributed by atoms with Crippen LogP contribution in [0.1, 0.15) is 38.5 Å². The van der Waals surface area contributed by atoms with E-state index < -0.39 is 0 Å². The third-order valence-corrected chi connectivity index (χ3v) is 9.32. The van der Waals surface area contributed by atoms with Gasteiger partial charge in [-0.05, 0) is 48.8 Å². The molecule has 2 fully saturated rings. The molecule has 0 aromatic carbocycles. The molecule has 104 valence electrons. The van der Waals surface area contributed by atoms with Crippen LogP contribution < -0.4 is 0 Å². The van der Waals surface area contributed by atoms with E-state index in [4.69, 9.17) is 0 Å². The zero-order valence-corrected chi connectivity index (χ0v) is 13.7. The average Bonchev–Trinajstić information content (AvgIpc) is 2.50. The van der Waals surface area contributed by atoms with Crippen molar-refractivity contribution in [2.24, 2.45) is 5.92 Å². The summed E-state index contributed by atoms with van der Waals surface area (Å²) in [5, 5.41) is 1.20. The lowest BCUT2D eigenvalue weighted by Crippen LogP contribution is -2.32. The van der Waals surface area contributed by atoms with Gasteiger partial charge in [0.25, 0.3) is 0 Å². The van der Waals surface area contributed by atoms with E-state index in [0.29, 0.717) is 3.41 Å². The SMILES string of the molecule is c1ccc(SC2(C3CCCCC3)SCCCS2)nc1. The summed E-state index contributed by atoms with van der Waals surface area (Å²) >= 11 is 6.43. The Kier molecular flexibility index (Phi) is 5.04. The summed E-state index contributed by atoms with van der Waals surface area (Å²) in [6.07, 6.45) is 10.4. The minimum absolute atomic E-state index is 0.340. The first-order chi connectivity index (χ1) is 9.39. The van der Waals surface area contributed by atoms with Crippen molar-refractivity contribution < 1.29 is 0 Å². The van der Waals surface area contributed by atoms with Gasteiger partial charge in [0.1, 0.15) is 3.41 Å². The van der Waals surface area contributed by atoms with Crippen LogP contribution in [-0.4, -0.2) is 19.9 Å². The fraction of sp³-hybridized carbons (Fsp3) is 0.667. The molecule has 0 unspecified atom stereocenters. The highest BCUT2D eigenvalue weighted by atomic mass is 32.3. The Labute approximate surface area is 129 Å². The Morgan fingerprint density at radius 3 is 2.53 bits per heavy atom. The summed E-state index contributed by atoms with van der Waals surface area (Å²) in [7, 11) is 0. The predicted octanol–water partition coefficient (Wildman–Crippen LogP) is 5.28. The van der Waals surface area contributed by atoms with E-state index in [2.05, 4.69) is 40.6 Å². The van der Waals surface area contributed by atoms with E-state index >= 15 is 0 Å². The highest BCUT2D eigenvalue weighted by Gasteiger charge is 2.43. The molecule has 0 atom stereocenters. The Morgan fingerprint density at radius 1 is 1.05 bits per heavy atom. The molecule has 3 rings (SSSR count).